The number of nitrogens with one attached hydrogen (secondary N) is 2. The van der Waals surface area contributed by atoms with Gasteiger partial charge >= 0.3 is 29.8 Å². The van der Waals surface area contributed by atoms with Gasteiger partial charge in [-0.3, -0.25) is 14.7 Å². The molecule has 2 heterocycles. The number of aliphatic hydroxyl groups excluding tert-OH is 2. The molecule has 4 N–H and O–H groups in total. The standard InChI is InChI=1S/C23H34F2N4O10/c1-21(2,3)16(32)38-17(22(4,5)6)39-19(34)26-8-10-36-20(35)28-13-7-9-29(18(33)27-13)15-23(24,25)14(31)12(11-30)37-15/h7,9,12,14-15,17,30-31H,8,10-11H2,1-6H3,(H,26,34)(H,27,28,33,35)/t12-,14-,15-,17?/m1/s1. The van der Waals surface area contributed by atoms with Gasteiger partial charge in [0.2, 0.25) is 6.23 Å². The molecule has 1 aromatic rings. The second kappa shape index (κ2) is 12.2. The Balaban J connectivity index is 1.85. The van der Waals surface area contributed by atoms with Crippen LogP contribution >= 0.6 is 0 Å². The van der Waals surface area contributed by atoms with E-state index in [1.165, 1.54) is 0 Å². The highest BCUT2D eigenvalue weighted by molar-refractivity contribution is 5.83. The fraction of sp³-hybridized carbons (Fsp3) is 0.696. The van der Waals surface area contributed by atoms with E-state index in [1.807, 2.05) is 0 Å². The molecule has 16 heteroatoms. The van der Waals surface area contributed by atoms with Crippen molar-refractivity contribution in [2.75, 3.05) is 25.1 Å². The van der Waals surface area contributed by atoms with Crippen molar-refractivity contribution in [2.45, 2.75) is 72.2 Å². The van der Waals surface area contributed by atoms with Crippen LogP contribution < -0.4 is 16.3 Å². The Kier molecular flexibility index (Phi) is 9.97. The summed E-state index contributed by atoms with van der Waals surface area (Å²) in [5, 5.41) is 23.1. The lowest BCUT2D eigenvalue weighted by Gasteiger charge is -2.31. The second-order valence-electron chi connectivity index (χ2n) is 10.8. The third kappa shape index (κ3) is 8.31. The maximum Gasteiger partial charge on any atom is 0.412 e. The minimum absolute atomic E-state index is 0.187. The minimum Gasteiger partial charge on any atom is -0.447 e. The molecule has 1 aliphatic rings. The summed E-state index contributed by atoms with van der Waals surface area (Å²) in [4.78, 5) is 52.0. The van der Waals surface area contributed by atoms with Gasteiger partial charge in [0, 0.05) is 11.6 Å². The number of carbonyl (C=O) groups excluding carboxylic acids is 3. The smallest absolute Gasteiger partial charge is 0.412 e. The van der Waals surface area contributed by atoms with Gasteiger partial charge in [-0.1, -0.05) is 20.8 Å². The number of aliphatic hydroxyl groups is 2. The van der Waals surface area contributed by atoms with E-state index in [0.717, 1.165) is 12.3 Å². The number of ether oxygens (including phenoxy) is 4. The molecule has 1 unspecified atom stereocenters. The predicted octanol–water partition coefficient (Wildman–Crippen LogP) is 1.37. The third-order valence-electron chi connectivity index (χ3n) is 5.22. The van der Waals surface area contributed by atoms with E-state index in [1.54, 1.807) is 41.5 Å². The van der Waals surface area contributed by atoms with E-state index in [2.05, 4.69) is 15.6 Å². The molecule has 1 saturated heterocycles. The van der Waals surface area contributed by atoms with Crippen LogP contribution in [-0.2, 0) is 23.7 Å². The Morgan fingerprint density at radius 1 is 1.18 bits per heavy atom. The Bertz CT molecular complexity index is 1100. The average Bonchev–Trinajstić information content (AvgIpc) is 3.03. The molecule has 39 heavy (non-hydrogen) atoms. The van der Waals surface area contributed by atoms with E-state index in [-0.39, 0.29) is 19.0 Å². The summed E-state index contributed by atoms with van der Waals surface area (Å²) in [5.74, 6) is -4.78. The predicted molar refractivity (Wildman–Crippen MR) is 129 cm³/mol. The summed E-state index contributed by atoms with van der Waals surface area (Å²) in [6.45, 7) is 8.68. The SMILES string of the molecule is CC(C)(C)C(=O)OC(OC(=O)NCCOC(=O)Nc1ccn([C@@H]2O[C@H](CO)[C@@H](O)C2(F)F)c(=O)n1)C(C)(C)C. The Hall–Kier alpha value is -3.37. The number of amides is 2. The van der Waals surface area contributed by atoms with Gasteiger partial charge in [0.25, 0.3) is 6.29 Å². The summed E-state index contributed by atoms with van der Waals surface area (Å²) in [6, 6.07) is 1.02. The highest BCUT2D eigenvalue weighted by Gasteiger charge is 2.59. The van der Waals surface area contributed by atoms with Gasteiger partial charge in [-0.05, 0) is 26.8 Å². The first-order valence-corrected chi connectivity index (χ1v) is 11.9. The zero-order valence-electron chi connectivity index (χ0n) is 22.4. The van der Waals surface area contributed by atoms with Crippen molar-refractivity contribution >= 4 is 24.0 Å². The molecule has 220 valence electrons. The molecule has 0 radical (unpaired) electrons. The maximum absolute atomic E-state index is 14.3. The van der Waals surface area contributed by atoms with E-state index in [0.29, 0.717) is 4.57 Å². The third-order valence-corrected chi connectivity index (χ3v) is 5.22. The van der Waals surface area contributed by atoms with Crippen LogP contribution in [0.5, 0.6) is 0 Å². The van der Waals surface area contributed by atoms with E-state index in [9.17, 15) is 33.1 Å². The van der Waals surface area contributed by atoms with Crippen LogP contribution in [0.2, 0.25) is 0 Å². The van der Waals surface area contributed by atoms with Crippen LogP contribution in [0.4, 0.5) is 24.2 Å². The summed E-state index contributed by atoms with van der Waals surface area (Å²) >= 11 is 0. The molecule has 1 aliphatic heterocycles. The lowest BCUT2D eigenvalue weighted by molar-refractivity contribution is -0.194. The summed E-state index contributed by atoms with van der Waals surface area (Å²) in [5.41, 5.74) is -2.77. The van der Waals surface area contributed by atoms with Crippen LogP contribution in [0.1, 0.15) is 47.8 Å². The zero-order chi connectivity index (χ0) is 29.8. The van der Waals surface area contributed by atoms with Crippen LogP contribution in [-0.4, -0.2) is 82.1 Å². The van der Waals surface area contributed by atoms with Gasteiger partial charge in [0.1, 0.15) is 18.5 Å². The first-order chi connectivity index (χ1) is 17.9. The molecule has 0 aliphatic carbocycles. The van der Waals surface area contributed by atoms with Crippen LogP contribution in [0.25, 0.3) is 0 Å². The minimum atomic E-state index is -3.89. The molecular formula is C23H34F2N4O10. The molecule has 1 aromatic heterocycles. The molecule has 14 nitrogen and oxygen atoms in total. The van der Waals surface area contributed by atoms with Crippen LogP contribution in [0, 0.1) is 10.8 Å². The van der Waals surface area contributed by atoms with Crippen molar-refractivity contribution in [3.8, 4) is 0 Å². The number of rotatable bonds is 8. The van der Waals surface area contributed by atoms with Gasteiger partial charge in [-0.25, -0.2) is 14.4 Å². The molecule has 0 saturated carbocycles. The lowest BCUT2D eigenvalue weighted by atomic mass is 9.94. The second-order valence-corrected chi connectivity index (χ2v) is 10.8. The van der Waals surface area contributed by atoms with Crippen LogP contribution in [0.15, 0.2) is 17.1 Å². The van der Waals surface area contributed by atoms with Crippen molar-refractivity contribution in [1.82, 2.24) is 14.9 Å². The summed E-state index contributed by atoms with van der Waals surface area (Å²) in [7, 11) is 0. The fourth-order valence-electron chi connectivity index (χ4n) is 3.01. The number of halogens is 2. The monoisotopic (exact) mass is 564 g/mol. The normalized spacial score (nSPS) is 21.5. The molecule has 2 rings (SSSR count). The van der Waals surface area contributed by atoms with Gasteiger partial charge in [0.15, 0.2) is 6.10 Å². The lowest BCUT2D eigenvalue weighted by Crippen LogP contribution is -2.42. The molecule has 0 bridgehead atoms. The van der Waals surface area contributed by atoms with Crippen molar-refractivity contribution in [1.29, 1.82) is 0 Å². The van der Waals surface area contributed by atoms with E-state index in [4.69, 9.17) is 24.1 Å². The maximum atomic E-state index is 14.3. The van der Waals surface area contributed by atoms with E-state index >= 15 is 0 Å². The Morgan fingerprint density at radius 3 is 2.33 bits per heavy atom. The molecule has 2 amide bonds. The topological polar surface area (TPSA) is 188 Å². The van der Waals surface area contributed by atoms with Gasteiger partial charge < -0.3 is 34.5 Å². The first kappa shape index (κ1) is 31.8. The summed E-state index contributed by atoms with van der Waals surface area (Å²) in [6.07, 6.45) is -8.47. The average molecular weight is 565 g/mol. The van der Waals surface area contributed by atoms with Gasteiger partial charge in [-0.2, -0.15) is 13.8 Å². The van der Waals surface area contributed by atoms with Crippen molar-refractivity contribution in [3.05, 3.63) is 22.7 Å². The largest absolute Gasteiger partial charge is 0.447 e. The van der Waals surface area contributed by atoms with Gasteiger partial charge in [-0.15, -0.1) is 0 Å². The number of hydrogen-bond acceptors (Lipinski definition) is 11. The number of nitrogens with zero attached hydrogens (tertiary/aromatic N) is 2. The molecular weight excluding hydrogens is 530 g/mol. The van der Waals surface area contributed by atoms with Gasteiger partial charge in [0.05, 0.1) is 18.6 Å². The van der Waals surface area contributed by atoms with Crippen molar-refractivity contribution in [2.24, 2.45) is 10.8 Å². The van der Waals surface area contributed by atoms with Crippen molar-refractivity contribution < 1.29 is 52.3 Å². The Morgan fingerprint density at radius 2 is 1.82 bits per heavy atom. The number of hydrogen-bond donors (Lipinski definition) is 4. The molecule has 0 aromatic carbocycles. The quantitative estimate of drug-likeness (QED) is 0.203. The summed E-state index contributed by atoms with van der Waals surface area (Å²) < 4.78 is 49.2. The fourth-order valence-corrected chi connectivity index (χ4v) is 3.01. The number of alkyl halides is 2. The number of carbonyl (C=O) groups is 3. The number of anilines is 1. The molecule has 1 fully saturated rings. The number of esters is 1. The van der Waals surface area contributed by atoms with Crippen molar-refractivity contribution in [3.63, 3.8) is 0 Å². The number of alkyl carbamates (subject to hydrolysis) is 1. The highest BCUT2D eigenvalue weighted by Crippen LogP contribution is 2.42. The Labute approximate surface area is 222 Å². The molecule has 4 atom stereocenters. The first-order valence-electron chi connectivity index (χ1n) is 11.9. The van der Waals surface area contributed by atoms with Crippen LogP contribution in [0.3, 0.4) is 0 Å². The number of aromatic nitrogens is 2. The zero-order valence-corrected chi connectivity index (χ0v) is 22.4. The highest BCUT2D eigenvalue weighted by atomic mass is 19.3. The molecule has 0 spiro atoms. The van der Waals surface area contributed by atoms with E-state index < -0.39 is 71.9 Å².